The van der Waals surface area contributed by atoms with Gasteiger partial charge in [0.15, 0.2) is 5.78 Å². The minimum Gasteiger partial charge on any atom is -0.497 e. The second-order valence-electron chi connectivity index (χ2n) is 6.13. The zero-order valence-electron chi connectivity index (χ0n) is 15.8. The van der Waals surface area contributed by atoms with E-state index in [2.05, 4.69) is 0 Å². The first-order chi connectivity index (χ1) is 12.9. The molecular formula is C20H22BF2NO3. The van der Waals surface area contributed by atoms with Crippen LogP contribution in [0.1, 0.15) is 29.8 Å². The van der Waals surface area contributed by atoms with Gasteiger partial charge in [-0.2, -0.15) is 0 Å². The molecule has 2 rings (SSSR count). The molecule has 0 spiro atoms. The van der Waals surface area contributed by atoms with Crippen LogP contribution in [0, 0.1) is 0 Å². The van der Waals surface area contributed by atoms with Crippen LogP contribution >= 0.6 is 0 Å². The largest absolute Gasteiger partial charge is 0.673 e. The van der Waals surface area contributed by atoms with Crippen LogP contribution in [-0.4, -0.2) is 38.3 Å². The fourth-order valence-corrected chi connectivity index (χ4v) is 2.64. The van der Waals surface area contributed by atoms with E-state index >= 15 is 0 Å². The van der Waals surface area contributed by atoms with E-state index in [9.17, 15) is 13.4 Å². The highest BCUT2D eigenvalue weighted by molar-refractivity contribution is 6.41. The van der Waals surface area contributed by atoms with Gasteiger partial charge in [0.05, 0.1) is 14.2 Å². The molecule has 0 aromatic heterocycles. The Kier molecular flexibility index (Phi) is 6.99. The molecule has 0 radical (unpaired) electrons. The zero-order chi connectivity index (χ0) is 20.0. The molecule has 0 fully saturated rings. The lowest BCUT2D eigenvalue weighted by Gasteiger charge is -2.29. The molecule has 0 aliphatic heterocycles. The molecule has 2 aromatic carbocycles. The molecular weight excluding hydrogens is 351 g/mol. The Morgan fingerprint density at radius 1 is 0.926 bits per heavy atom. The van der Waals surface area contributed by atoms with Crippen molar-refractivity contribution in [2.45, 2.75) is 19.9 Å². The van der Waals surface area contributed by atoms with Crippen molar-refractivity contribution in [2.75, 3.05) is 14.2 Å². The van der Waals surface area contributed by atoms with Gasteiger partial charge in [0, 0.05) is 23.4 Å². The zero-order valence-corrected chi connectivity index (χ0v) is 15.8. The van der Waals surface area contributed by atoms with Gasteiger partial charge in [-0.3, -0.25) is 13.4 Å². The molecule has 4 nitrogen and oxygen atoms in total. The summed E-state index contributed by atoms with van der Waals surface area (Å²) in [5.74, 6) is 0.852. The number of benzene rings is 2. The fourth-order valence-electron chi connectivity index (χ4n) is 2.64. The molecule has 0 saturated heterocycles. The van der Waals surface area contributed by atoms with E-state index in [0.717, 1.165) is 4.81 Å². The minimum absolute atomic E-state index is 0.156. The Labute approximate surface area is 158 Å². The highest BCUT2D eigenvalue weighted by Crippen LogP contribution is 2.27. The molecule has 7 heteroatoms. The number of methoxy groups -OCH3 is 2. The monoisotopic (exact) mass is 373 g/mol. The van der Waals surface area contributed by atoms with Crippen molar-refractivity contribution in [3.63, 3.8) is 0 Å². The van der Waals surface area contributed by atoms with Crippen LogP contribution < -0.4 is 9.47 Å². The quantitative estimate of drug-likeness (QED) is 0.386. The maximum Gasteiger partial charge on any atom is 0.673 e. The first kappa shape index (κ1) is 20.5. The minimum atomic E-state index is -2.75. The standard InChI is InChI=1S/C20H22BF2NO3/c1-14(2)24(21(22)23)19(15-5-9-17(26-3)10-6-15)13-20(25)16-7-11-18(27-4)12-8-16/h5-14H,1-4H3/b19-13+. The van der Waals surface area contributed by atoms with Crippen molar-refractivity contribution >= 4 is 18.9 Å². The number of carbonyl (C=O) groups is 1. The van der Waals surface area contributed by atoms with Gasteiger partial charge in [-0.1, -0.05) is 0 Å². The predicted molar refractivity (Wildman–Crippen MR) is 103 cm³/mol. The highest BCUT2D eigenvalue weighted by Gasteiger charge is 2.31. The van der Waals surface area contributed by atoms with E-state index < -0.39 is 13.4 Å². The summed E-state index contributed by atoms with van der Waals surface area (Å²) >= 11 is 0. The normalized spacial score (nSPS) is 11.3. The Morgan fingerprint density at radius 2 is 1.37 bits per heavy atom. The Balaban J connectivity index is 2.48. The van der Waals surface area contributed by atoms with Crippen LogP contribution in [0.2, 0.25) is 0 Å². The van der Waals surface area contributed by atoms with Gasteiger partial charge in [-0.25, -0.2) is 0 Å². The van der Waals surface area contributed by atoms with E-state index in [4.69, 9.17) is 9.47 Å². The summed E-state index contributed by atoms with van der Waals surface area (Å²) in [4.78, 5) is 13.6. The summed E-state index contributed by atoms with van der Waals surface area (Å²) in [7, 11) is 0.308. The van der Waals surface area contributed by atoms with Crippen molar-refractivity contribution in [1.29, 1.82) is 0 Å². The number of allylic oxidation sites excluding steroid dienone is 1. The summed E-state index contributed by atoms with van der Waals surface area (Å²) in [5.41, 5.74) is 1.05. The van der Waals surface area contributed by atoms with E-state index in [0.29, 0.717) is 22.6 Å². The van der Waals surface area contributed by atoms with Gasteiger partial charge in [-0.15, -0.1) is 0 Å². The van der Waals surface area contributed by atoms with E-state index in [-0.39, 0.29) is 11.5 Å². The fraction of sp³-hybridized carbons (Fsp3) is 0.250. The number of carbonyl (C=O) groups excluding carboxylic acids is 1. The smallest absolute Gasteiger partial charge is 0.497 e. The number of hydrogen-bond donors (Lipinski definition) is 0. The van der Waals surface area contributed by atoms with Crippen molar-refractivity contribution < 1.29 is 22.9 Å². The van der Waals surface area contributed by atoms with E-state index in [1.807, 2.05) is 0 Å². The molecule has 0 bridgehead atoms. The first-order valence-electron chi connectivity index (χ1n) is 8.48. The van der Waals surface area contributed by atoms with Crippen LogP contribution in [0.15, 0.2) is 54.6 Å². The summed E-state index contributed by atoms with van der Waals surface area (Å²) in [6.07, 6.45) is 1.25. The van der Waals surface area contributed by atoms with Crippen LogP contribution in [0.3, 0.4) is 0 Å². The molecule has 0 atom stereocenters. The van der Waals surface area contributed by atoms with Gasteiger partial charge in [-0.05, 0) is 67.9 Å². The third-order valence-electron chi connectivity index (χ3n) is 4.07. The highest BCUT2D eigenvalue weighted by atomic mass is 19.2. The number of nitrogens with zero attached hydrogens (tertiary/aromatic N) is 1. The summed E-state index contributed by atoms with van der Waals surface area (Å²) in [6, 6.07) is 12.7. The Hall–Kier alpha value is -2.83. The van der Waals surface area contributed by atoms with Crippen LogP contribution in [0.4, 0.5) is 8.63 Å². The Morgan fingerprint density at radius 3 is 1.74 bits per heavy atom. The molecule has 0 aliphatic carbocycles. The second kappa shape index (κ2) is 9.21. The third-order valence-corrected chi connectivity index (χ3v) is 4.07. The van der Waals surface area contributed by atoms with Crippen LogP contribution in [-0.2, 0) is 0 Å². The topological polar surface area (TPSA) is 38.8 Å². The number of hydrogen-bond acceptors (Lipinski definition) is 4. The lowest BCUT2D eigenvalue weighted by Crippen LogP contribution is -2.37. The van der Waals surface area contributed by atoms with Crippen molar-refractivity contribution in [1.82, 2.24) is 4.81 Å². The predicted octanol–water partition coefficient (Wildman–Crippen LogP) is 4.56. The van der Waals surface area contributed by atoms with E-state index in [1.165, 1.54) is 20.3 Å². The number of rotatable bonds is 8. The molecule has 0 aliphatic rings. The second-order valence-corrected chi connectivity index (χ2v) is 6.13. The molecule has 2 aromatic rings. The first-order valence-corrected chi connectivity index (χ1v) is 8.48. The molecule has 0 saturated carbocycles. The third kappa shape index (κ3) is 5.09. The summed E-state index contributed by atoms with van der Waals surface area (Å²) in [5, 5.41) is 0. The van der Waals surface area contributed by atoms with Crippen molar-refractivity contribution in [3.8, 4) is 11.5 Å². The van der Waals surface area contributed by atoms with Gasteiger partial charge >= 0.3 is 7.40 Å². The lowest BCUT2D eigenvalue weighted by atomic mass is 9.98. The average Bonchev–Trinajstić information content (AvgIpc) is 2.67. The maximum atomic E-state index is 13.7. The summed E-state index contributed by atoms with van der Waals surface area (Å²) < 4.78 is 37.6. The van der Waals surface area contributed by atoms with Crippen molar-refractivity contribution in [2.24, 2.45) is 0 Å². The summed E-state index contributed by atoms with van der Waals surface area (Å²) in [6.45, 7) is 3.31. The molecule has 142 valence electrons. The average molecular weight is 373 g/mol. The lowest BCUT2D eigenvalue weighted by molar-refractivity contribution is 0.104. The van der Waals surface area contributed by atoms with Gasteiger partial charge in [0.1, 0.15) is 11.5 Å². The van der Waals surface area contributed by atoms with E-state index in [1.54, 1.807) is 62.4 Å². The number of halogens is 2. The van der Waals surface area contributed by atoms with Crippen LogP contribution in [0.25, 0.3) is 5.70 Å². The van der Waals surface area contributed by atoms with Gasteiger partial charge in [0.25, 0.3) is 0 Å². The molecule has 0 unspecified atom stereocenters. The van der Waals surface area contributed by atoms with Crippen LogP contribution in [0.5, 0.6) is 11.5 Å². The molecule has 0 heterocycles. The number of ether oxygens (including phenoxy) is 2. The molecule has 0 N–H and O–H groups in total. The van der Waals surface area contributed by atoms with Gasteiger partial charge < -0.3 is 14.3 Å². The number of ketones is 1. The Bertz CT molecular complexity index is 782. The van der Waals surface area contributed by atoms with Gasteiger partial charge in [0.2, 0.25) is 0 Å². The molecule has 27 heavy (non-hydrogen) atoms. The SMILES string of the molecule is COc1ccc(C(=O)/C=C(\c2ccc(OC)cc2)N(B(F)F)C(C)C)cc1. The maximum absolute atomic E-state index is 13.7. The van der Waals surface area contributed by atoms with Crippen molar-refractivity contribution in [3.05, 3.63) is 65.7 Å². The molecule has 0 amide bonds.